The second-order valence-corrected chi connectivity index (χ2v) is 9.46. The van der Waals surface area contributed by atoms with Crippen LogP contribution in [0.3, 0.4) is 0 Å². The van der Waals surface area contributed by atoms with E-state index in [-0.39, 0.29) is 18.6 Å². The van der Waals surface area contributed by atoms with Gasteiger partial charge in [0.05, 0.1) is 4.75 Å². The van der Waals surface area contributed by atoms with Gasteiger partial charge in [0.25, 0.3) is 0 Å². The van der Waals surface area contributed by atoms with Crippen molar-refractivity contribution in [3.63, 3.8) is 0 Å². The number of urea groups is 1. The van der Waals surface area contributed by atoms with Crippen LogP contribution in [-0.4, -0.2) is 49.0 Å². The molecule has 118 valence electrons. The van der Waals surface area contributed by atoms with E-state index in [2.05, 4.69) is 19.2 Å². The van der Waals surface area contributed by atoms with E-state index in [1.54, 1.807) is 13.8 Å². The molecule has 20 heavy (non-hydrogen) atoms. The number of carbonyl (C=O) groups is 1. The number of nitrogens with zero attached hydrogens (tertiary/aromatic N) is 1. The lowest BCUT2D eigenvalue weighted by Gasteiger charge is -2.33. The Labute approximate surface area is 123 Å². The van der Waals surface area contributed by atoms with Crippen molar-refractivity contribution < 1.29 is 13.2 Å². The first-order chi connectivity index (χ1) is 8.97. The van der Waals surface area contributed by atoms with Gasteiger partial charge >= 0.3 is 6.03 Å². The zero-order valence-corrected chi connectivity index (χ0v) is 14.3. The summed E-state index contributed by atoms with van der Waals surface area (Å²) in [7, 11) is -3.20. The van der Waals surface area contributed by atoms with Crippen LogP contribution in [0.15, 0.2) is 0 Å². The second kappa shape index (κ2) is 5.92. The van der Waals surface area contributed by atoms with Gasteiger partial charge in [0.15, 0.2) is 9.84 Å². The standard InChI is InChI=1S/C14H28N2O3S/c1-10(2)11(3)16(12-7-8-12)13(17)15-9-14(4,5)20(6,18)19/h10-12H,7-9H2,1-6H3,(H,15,17)/t11-/m1/s1. The smallest absolute Gasteiger partial charge is 0.317 e. The topological polar surface area (TPSA) is 66.5 Å². The van der Waals surface area contributed by atoms with E-state index in [9.17, 15) is 13.2 Å². The first kappa shape index (κ1) is 17.3. The summed E-state index contributed by atoms with van der Waals surface area (Å²) in [6, 6.07) is 0.322. The van der Waals surface area contributed by atoms with Gasteiger partial charge in [-0.25, -0.2) is 13.2 Å². The highest BCUT2D eigenvalue weighted by molar-refractivity contribution is 7.92. The number of nitrogens with one attached hydrogen (secondary N) is 1. The van der Waals surface area contributed by atoms with Gasteiger partial charge in [0.1, 0.15) is 0 Å². The van der Waals surface area contributed by atoms with Crippen LogP contribution in [0.4, 0.5) is 4.79 Å². The zero-order chi connectivity index (χ0) is 15.7. The van der Waals surface area contributed by atoms with Crippen molar-refractivity contribution in [2.45, 2.75) is 64.3 Å². The molecule has 0 heterocycles. The van der Waals surface area contributed by atoms with Crippen LogP contribution in [0.25, 0.3) is 0 Å². The molecule has 1 N–H and O–H groups in total. The Kier molecular flexibility index (Phi) is 5.11. The van der Waals surface area contributed by atoms with Gasteiger partial charge < -0.3 is 10.2 Å². The average molecular weight is 304 g/mol. The van der Waals surface area contributed by atoms with E-state index in [1.807, 2.05) is 11.8 Å². The van der Waals surface area contributed by atoms with Gasteiger partial charge in [-0.3, -0.25) is 0 Å². The fourth-order valence-corrected chi connectivity index (χ4v) is 2.20. The number of hydrogen-bond acceptors (Lipinski definition) is 3. The van der Waals surface area contributed by atoms with E-state index in [4.69, 9.17) is 0 Å². The lowest BCUT2D eigenvalue weighted by Crippen LogP contribution is -2.52. The Balaban J connectivity index is 2.69. The zero-order valence-electron chi connectivity index (χ0n) is 13.4. The molecular formula is C14H28N2O3S. The number of carbonyl (C=O) groups excluding carboxylic acids is 1. The highest BCUT2D eigenvalue weighted by Gasteiger charge is 2.38. The molecule has 0 aromatic rings. The number of hydrogen-bond donors (Lipinski definition) is 1. The molecule has 0 aromatic carbocycles. The van der Waals surface area contributed by atoms with Crippen LogP contribution in [0.5, 0.6) is 0 Å². The van der Waals surface area contributed by atoms with Gasteiger partial charge in [-0.15, -0.1) is 0 Å². The molecule has 5 nitrogen and oxygen atoms in total. The van der Waals surface area contributed by atoms with Gasteiger partial charge in [-0.2, -0.15) is 0 Å². The second-order valence-electron chi connectivity index (χ2n) is 6.81. The quantitative estimate of drug-likeness (QED) is 0.816. The van der Waals surface area contributed by atoms with E-state index < -0.39 is 14.6 Å². The minimum atomic E-state index is -3.20. The summed E-state index contributed by atoms with van der Waals surface area (Å²) in [5.41, 5.74) is 0. The maximum absolute atomic E-state index is 12.4. The SMILES string of the molecule is CC(C)[C@@H](C)N(C(=O)NCC(C)(C)S(C)(=O)=O)C1CC1. The molecule has 0 bridgehead atoms. The van der Waals surface area contributed by atoms with Crippen LogP contribution in [0, 0.1) is 5.92 Å². The van der Waals surface area contributed by atoms with Crippen LogP contribution in [0.2, 0.25) is 0 Å². The maximum Gasteiger partial charge on any atom is 0.317 e. The molecule has 0 saturated heterocycles. The highest BCUT2D eigenvalue weighted by atomic mass is 32.2. The van der Waals surface area contributed by atoms with Crippen LogP contribution >= 0.6 is 0 Å². The molecule has 1 fully saturated rings. The molecule has 2 amide bonds. The van der Waals surface area contributed by atoms with E-state index in [1.165, 1.54) is 6.26 Å². The van der Waals surface area contributed by atoms with Crippen LogP contribution in [0.1, 0.15) is 47.5 Å². The third-order valence-corrected chi connectivity index (χ3v) is 6.40. The molecule has 0 radical (unpaired) electrons. The average Bonchev–Trinajstić information content (AvgIpc) is 3.09. The summed E-state index contributed by atoms with van der Waals surface area (Å²) in [4.78, 5) is 14.2. The third kappa shape index (κ3) is 4.11. The molecule has 0 aliphatic heterocycles. The van der Waals surface area contributed by atoms with Crippen molar-refractivity contribution in [1.29, 1.82) is 0 Å². The molecule has 1 saturated carbocycles. The molecule has 0 spiro atoms. The Morgan fingerprint density at radius 3 is 2.15 bits per heavy atom. The predicted octanol–water partition coefficient (Wildman–Crippen LogP) is 2.03. The predicted molar refractivity (Wildman–Crippen MR) is 81.5 cm³/mol. The third-order valence-electron chi connectivity index (χ3n) is 4.25. The summed E-state index contributed by atoms with van der Waals surface area (Å²) < 4.78 is 22.4. The minimum Gasteiger partial charge on any atom is -0.336 e. The summed E-state index contributed by atoms with van der Waals surface area (Å²) in [6.45, 7) is 9.64. The highest BCUT2D eigenvalue weighted by Crippen LogP contribution is 2.30. The van der Waals surface area contributed by atoms with Crippen LogP contribution in [-0.2, 0) is 9.84 Å². The fourth-order valence-electron chi connectivity index (χ4n) is 1.87. The monoisotopic (exact) mass is 304 g/mol. The largest absolute Gasteiger partial charge is 0.336 e. The molecule has 1 aliphatic rings. The summed E-state index contributed by atoms with van der Waals surface area (Å²) in [6.07, 6.45) is 3.29. The van der Waals surface area contributed by atoms with Crippen LogP contribution < -0.4 is 5.32 Å². The number of sulfone groups is 1. The van der Waals surface area contributed by atoms with Crippen molar-refractivity contribution in [2.75, 3.05) is 12.8 Å². The first-order valence-corrected chi connectivity index (χ1v) is 9.12. The van der Waals surface area contributed by atoms with Crippen molar-refractivity contribution in [3.8, 4) is 0 Å². The van der Waals surface area contributed by atoms with Crippen molar-refractivity contribution in [1.82, 2.24) is 10.2 Å². The first-order valence-electron chi connectivity index (χ1n) is 7.23. The summed E-state index contributed by atoms with van der Waals surface area (Å²) in [5, 5.41) is 2.79. The molecule has 1 atom stereocenters. The van der Waals surface area contributed by atoms with Crippen molar-refractivity contribution >= 4 is 15.9 Å². The normalized spacial score (nSPS) is 17.9. The summed E-state index contributed by atoms with van der Waals surface area (Å²) in [5.74, 6) is 0.379. The molecule has 1 rings (SSSR count). The Morgan fingerprint density at radius 1 is 1.30 bits per heavy atom. The maximum atomic E-state index is 12.4. The van der Waals surface area contributed by atoms with Gasteiger partial charge in [0, 0.05) is 24.9 Å². The molecular weight excluding hydrogens is 276 g/mol. The fraction of sp³-hybridized carbons (Fsp3) is 0.929. The number of rotatable bonds is 6. The Hall–Kier alpha value is -0.780. The van der Waals surface area contributed by atoms with Gasteiger partial charge in [-0.05, 0) is 39.5 Å². The van der Waals surface area contributed by atoms with Crippen molar-refractivity contribution in [2.24, 2.45) is 5.92 Å². The molecule has 0 aromatic heterocycles. The van der Waals surface area contributed by atoms with E-state index in [0.717, 1.165) is 12.8 Å². The van der Waals surface area contributed by atoms with E-state index >= 15 is 0 Å². The summed E-state index contributed by atoms with van der Waals surface area (Å²) >= 11 is 0. The Morgan fingerprint density at radius 2 is 1.80 bits per heavy atom. The van der Waals surface area contributed by atoms with Crippen molar-refractivity contribution in [3.05, 3.63) is 0 Å². The minimum absolute atomic E-state index is 0.138. The molecule has 1 aliphatic carbocycles. The van der Waals surface area contributed by atoms with Gasteiger partial charge in [0.2, 0.25) is 0 Å². The lowest BCUT2D eigenvalue weighted by atomic mass is 10.0. The molecule has 0 unspecified atom stereocenters. The Bertz CT molecular complexity index is 453. The number of amides is 2. The van der Waals surface area contributed by atoms with Gasteiger partial charge in [-0.1, -0.05) is 13.8 Å². The lowest BCUT2D eigenvalue weighted by molar-refractivity contribution is 0.156. The molecule has 6 heteroatoms. The van der Waals surface area contributed by atoms with E-state index in [0.29, 0.717) is 12.0 Å².